The largest absolute Gasteiger partial charge is 0.378 e. The summed E-state index contributed by atoms with van der Waals surface area (Å²) in [5, 5.41) is 0. The van der Waals surface area contributed by atoms with Gasteiger partial charge < -0.3 is 4.74 Å². The predicted molar refractivity (Wildman–Crippen MR) is 44.9 cm³/mol. The Morgan fingerprint density at radius 2 is 2.38 bits per heavy atom. The van der Waals surface area contributed by atoms with Gasteiger partial charge in [0.15, 0.2) is 11.6 Å². The van der Waals surface area contributed by atoms with Crippen molar-refractivity contribution in [3.05, 3.63) is 29.3 Å². The van der Waals surface area contributed by atoms with E-state index < -0.39 is 5.82 Å². The minimum Gasteiger partial charge on any atom is -0.378 e. The Bertz CT molecular complexity index is 325. The van der Waals surface area contributed by atoms with Crippen molar-refractivity contribution in [1.82, 2.24) is 4.98 Å². The lowest BCUT2D eigenvalue weighted by molar-refractivity contribution is 0.101. The number of methoxy groups -OCH3 is 1. The highest BCUT2D eigenvalue weighted by Gasteiger charge is 2.11. The number of halogens is 1. The second-order valence-electron chi connectivity index (χ2n) is 2.61. The van der Waals surface area contributed by atoms with E-state index in [-0.39, 0.29) is 23.6 Å². The van der Waals surface area contributed by atoms with Gasteiger partial charge in [-0.1, -0.05) is 0 Å². The van der Waals surface area contributed by atoms with Crippen LogP contribution < -0.4 is 0 Å². The minimum atomic E-state index is -0.586. The van der Waals surface area contributed by atoms with Crippen LogP contribution in [0.5, 0.6) is 0 Å². The smallest absolute Gasteiger partial charge is 0.162 e. The summed E-state index contributed by atoms with van der Waals surface area (Å²) in [4.78, 5) is 14.7. The molecule has 0 fully saturated rings. The second-order valence-corrected chi connectivity index (χ2v) is 2.61. The maximum absolute atomic E-state index is 13.3. The molecule has 1 rings (SSSR count). The summed E-state index contributed by atoms with van der Waals surface area (Å²) in [6, 6.07) is 1.36. The number of ether oxygens (including phenoxy) is 1. The van der Waals surface area contributed by atoms with E-state index in [9.17, 15) is 9.18 Å². The molecule has 0 spiro atoms. The Balaban J connectivity index is 3.10. The molecular weight excluding hydrogens is 173 g/mol. The molecule has 1 aromatic heterocycles. The normalized spacial score (nSPS) is 10.1. The first-order valence-corrected chi connectivity index (χ1v) is 3.80. The van der Waals surface area contributed by atoms with Crippen LogP contribution in [0.1, 0.15) is 23.0 Å². The number of Topliss-reactive ketones (excluding diaryl/α,β-unsaturated/α-hetero) is 1. The molecule has 70 valence electrons. The molecule has 0 radical (unpaired) electrons. The molecule has 0 amide bonds. The molecule has 0 atom stereocenters. The number of hydrogen-bond donors (Lipinski definition) is 0. The molecule has 0 aliphatic carbocycles. The van der Waals surface area contributed by atoms with Crippen LogP contribution in [0, 0.1) is 5.82 Å². The number of aromatic nitrogens is 1. The van der Waals surface area contributed by atoms with Crippen LogP contribution >= 0.6 is 0 Å². The molecule has 0 N–H and O–H groups in total. The van der Waals surface area contributed by atoms with E-state index in [4.69, 9.17) is 4.74 Å². The SMILES string of the molecule is COCc1nccc(C(C)=O)c1F. The van der Waals surface area contributed by atoms with E-state index in [1.165, 1.54) is 26.3 Å². The van der Waals surface area contributed by atoms with Crippen molar-refractivity contribution < 1.29 is 13.9 Å². The van der Waals surface area contributed by atoms with E-state index >= 15 is 0 Å². The zero-order valence-electron chi connectivity index (χ0n) is 7.50. The molecule has 1 heterocycles. The summed E-state index contributed by atoms with van der Waals surface area (Å²) in [5.41, 5.74) is 0.220. The lowest BCUT2D eigenvalue weighted by Crippen LogP contribution is -2.04. The first-order chi connectivity index (χ1) is 6.16. The fraction of sp³-hybridized carbons (Fsp3) is 0.333. The first kappa shape index (κ1) is 9.80. The standard InChI is InChI=1S/C9H10FNO2/c1-6(12)7-3-4-11-8(5-13-2)9(7)10/h3-4H,5H2,1-2H3. The van der Waals surface area contributed by atoms with E-state index in [0.717, 1.165) is 0 Å². The molecule has 0 aliphatic rings. The Morgan fingerprint density at radius 1 is 1.69 bits per heavy atom. The van der Waals surface area contributed by atoms with Gasteiger partial charge in [0.2, 0.25) is 0 Å². The molecule has 0 saturated carbocycles. The summed E-state index contributed by atoms with van der Waals surface area (Å²) in [5.74, 6) is -0.894. The molecule has 3 nitrogen and oxygen atoms in total. The quantitative estimate of drug-likeness (QED) is 0.667. The third kappa shape index (κ3) is 2.09. The Morgan fingerprint density at radius 3 is 2.92 bits per heavy atom. The Kier molecular flexibility index (Phi) is 3.08. The van der Waals surface area contributed by atoms with E-state index in [1.807, 2.05) is 0 Å². The van der Waals surface area contributed by atoms with Crippen molar-refractivity contribution in [2.45, 2.75) is 13.5 Å². The summed E-state index contributed by atoms with van der Waals surface area (Å²) in [6.07, 6.45) is 1.40. The lowest BCUT2D eigenvalue weighted by Gasteiger charge is -2.03. The molecular formula is C9H10FNO2. The number of ketones is 1. The number of carbonyl (C=O) groups excluding carboxylic acids is 1. The van der Waals surface area contributed by atoms with Crippen molar-refractivity contribution in [3.63, 3.8) is 0 Å². The van der Waals surface area contributed by atoms with Gasteiger partial charge in [0, 0.05) is 13.3 Å². The van der Waals surface area contributed by atoms with Gasteiger partial charge in [-0.25, -0.2) is 4.39 Å². The summed E-state index contributed by atoms with van der Waals surface area (Å²) >= 11 is 0. The van der Waals surface area contributed by atoms with Crippen LogP contribution in [-0.4, -0.2) is 17.9 Å². The molecule has 0 aromatic carbocycles. The third-order valence-electron chi connectivity index (χ3n) is 1.62. The number of nitrogens with zero attached hydrogens (tertiary/aromatic N) is 1. The number of carbonyl (C=O) groups is 1. The molecule has 13 heavy (non-hydrogen) atoms. The fourth-order valence-corrected chi connectivity index (χ4v) is 0.996. The van der Waals surface area contributed by atoms with E-state index in [2.05, 4.69) is 4.98 Å². The highest BCUT2D eigenvalue weighted by molar-refractivity contribution is 5.94. The zero-order chi connectivity index (χ0) is 9.84. The van der Waals surface area contributed by atoms with Gasteiger partial charge in [-0.15, -0.1) is 0 Å². The van der Waals surface area contributed by atoms with Crippen molar-refractivity contribution in [2.75, 3.05) is 7.11 Å². The van der Waals surface area contributed by atoms with Gasteiger partial charge >= 0.3 is 0 Å². The van der Waals surface area contributed by atoms with Crippen molar-refractivity contribution >= 4 is 5.78 Å². The van der Waals surface area contributed by atoms with Crippen LogP contribution in [0.4, 0.5) is 4.39 Å². The minimum absolute atomic E-state index is 0.0575. The highest BCUT2D eigenvalue weighted by atomic mass is 19.1. The van der Waals surface area contributed by atoms with Gasteiger partial charge in [0.1, 0.15) is 5.69 Å². The first-order valence-electron chi connectivity index (χ1n) is 3.80. The van der Waals surface area contributed by atoms with Gasteiger partial charge in [0.25, 0.3) is 0 Å². The topological polar surface area (TPSA) is 39.2 Å². The van der Waals surface area contributed by atoms with Crippen LogP contribution in [0.15, 0.2) is 12.3 Å². The maximum atomic E-state index is 13.3. The van der Waals surface area contributed by atoms with Gasteiger partial charge in [-0.3, -0.25) is 9.78 Å². The Hall–Kier alpha value is -1.29. The summed E-state index contributed by atoms with van der Waals surface area (Å²) < 4.78 is 18.1. The van der Waals surface area contributed by atoms with E-state index in [1.54, 1.807) is 0 Å². The van der Waals surface area contributed by atoms with Crippen molar-refractivity contribution in [2.24, 2.45) is 0 Å². The Labute approximate surface area is 75.6 Å². The van der Waals surface area contributed by atoms with Crippen LogP contribution in [0.2, 0.25) is 0 Å². The second kappa shape index (κ2) is 4.09. The molecule has 0 unspecified atom stereocenters. The predicted octanol–water partition coefficient (Wildman–Crippen LogP) is 1.57. The summed E-state index contributed by atoms with van der Waals surface area (Å²) in [6.45, 7) is 1.39. The van der Waals surface area contributed by atoms with Crippen LogP contribution in [0.25, 0.3) is 0 Å². The zero-order valence-corrected chi connectivity index (χ0v) is 7.50. The molecule has 0 bridgehead atoms. The average Bonchev–Trinajstić information content (AvgIpc) is 2.08. The van der Waals surface area contributed by atoms with Crippen molar-refractivity contribution in [3.8, 4) is 0 Å². The number of rotatable bonds is 3. The van der Waals surface area contributed by atoms with Gasteiger partial charge in [-0.05, 0) is 13.0 Å². The van der Waals surface area contributed by atoms with Gasteiger partial charge in [-0.2, -0.15) is 0 Å². The highest BCUT2D eigenvalue weighted by Crippen LogP contribution is 2.11. The third-order valence-corrected chi connectivity index (χ3v) is 1.62. The van der Waals surface area contributed by atoms with Crippen molar-refractivity contribution in [1.29, 1.82) is 0 Å². The number of pyridine rings is 1. The molecule has 0 saturated heterocycles. The monoisotopic (exact) mass is 183 g/mol. The van der Waals surface area contributed by atoms with Gasteiger partial charge in [0.05, 0.1) is 12.2 Å². The molecule has 4 heteroatoms. The molecule has 1 aromatic rings. The maximum Gasteiger partial charge on any atom is 0.162 e. The van der Waals surface area contributed by atoms with Crippen LogP contribution in [-0.2, 0) is 11.3 Å². The summed E-state index contributed by atoms with van der Waals surface area (Å²) in [7, 11) is 1.45. The lowest BCUT2D eigenvalue weighted by atomic mass is 10.1. The fourth-order valence-electron chi connectivity index (χ4n) is 0.996. The van der Waals surface area contributed by atoms with E-state index in [0.29, 0.717) is 0 Å². The van der Waals surface area contributed by atoms with Crippen LogP contribution in [0.3, 0.4) is 0 Å². The molecule has 0 aliphatic heterocycles. The number of hydrogen-bond acceptors (Lipinski definition) is 3. The average molecular weight is 183 g/mol.